The average molecular weight is 262 g/mol. The van der Waals surface area contributed by atoms with Crippen LogP contribution in [0.2, 0.25) is 5.02 Å². The van der Waals surface area contributed by atoms with Gasteiger partial charge in [-0.25, -0.2) is 4.98 Å². The molecule has 0 aliphatic rings. The maximum Gasteiger partial charge on any atom is 0.133 e. The smallest absolute Gasteiger partial charge is 0.133 e. The molecule has 4 heteroatoms. The highest BCUT2D eigenvalue weighted by Gasteiger charge is 2.08. The van der Waals surface area contributed by atoms with Gasteiger partial charge in [0.2, 0.25) is 0 Å². The van der Waals surface area contributed by atoms with E-state index in [4.69, 9.17) is 17.3 Å². The van der Waals surface area contributed by atoms with Crippen molar-refractivity contribution in [3.05, 3.63) is 58.7 Å². The second kappa shape index (κ2) is 5.85. The third-order valence-corrected chi connectivity index (χ3v) is 2.99. The minimum absolute atomic E-state index is 0.489. The lowest BCUT2D eigenvalue weighted by atomic mass is 10.2. The molecule has 0 fully saturated rings. The number of rotatable bonds is 4. The molecule has 2 N–H and O–H groups in total. The predicted octanol–water partition coefficient (Wildman–Crippen LogP) is 2.83. The molecule has 0 radical (unpaired) electrons. The molecule has 0 amide bonds. The van der Waals surface area contributed by atoms with Crippen molar-refractivity contribution in [1.82, 2.24) is 4.98 Å². The topological polar surface area (TPSA) is 42.2 Å². The van der Waals surface area contributed by atoms with Crippen molar-refractivity contribution in [3.8, 4) is 0 Å². The van der Waals surface area contributed by atoms with Gasteiger partial charge in [0.15, 0.2) is 0 Å². The summed E-state index contributed by atoms with van der Waals surface area (Å²) in [4.78, 5) is 6.46. The summed E-state index contributed by atoms with van der Waals surface area (Å²) < 4.78 is 0. The Morgan fingerprint density at radius 2 is 2.11 bits per heavy atom. The van der Waals surface area contributed by atoms with Gasteiger partial charge < -0.3 is 10.6 Å². The predicted molar refractivity (Wildman–Crippen MR) is 75.7 cm³/mol. The van der Waals surface area contributed by atoms with Gasteiger partial charge in [0.1, 0.15) is 5.82 Å². The SMILES string of the molecule is CN(Cc1cccc(Cl)c1)c1ncccc1CN. The summed E-state index contributed by atoms with van der Waals surface area (Å²) in [6.07, 6.45) is 1.78. The van der Waals surface area contributed by atoms with Crippen molar-refractivity contribution in [2.24, 2.45) is 5.73 Å². The number of pyridine rings is 1. The van der Waals surface area contributed by atoms with Crippen LogP contribution in [0.5, 0.6) is 0 Å². The second-order valence-corrected chi connectivity index (χ2v) is 4.61. The minimum Gasteiger partial charge on any atom is -0.355 e. The van der Waals surface area contributed by atoms with E-state index in [1.807, 2.05) is 43.4 Å². The fraction of sp³-hybridized carbons (Fsp3) is 0.214. The standard InChI is InChI=1S/C14H16ClN3/c1-18(10-11-4-2-6-13(15)8-11)14-12(9-16)5-3-7-17-14/h2-8H,9-10,16H2,1H3. The summed E-state index contributed by atoms with van der Waals surface area (Å²) >= 11 is 5.98. The lowest BCUT2D eigenvalue weighted by Crippen LogP contribution is -2.20. The van der Waals surface area contributed by atoms with Crippen LogP contribution >= 0.6 is 11.6 Å². The Kier molecular flexibility index (Phi) is 4.18. The number of hydrogen-bond donors (Lipinski definition) is 1. The second-order valence-electron chi connectivity index (χ2n) is 4.18. The molecule has 94 valence electrons. The molecule has 0 aliphatic heterocycles. The van der Waals surface area contributed by atoms with Crippen LogP contribution in [-0.4, -0.2) is 12.0 Å². The van der Waals surface area contributed by atoms with Gasteiger partial charge in [-0.1, -0.05) is 29.8 Å². The lowest BCUT2D eigenvalue weighted by molar-refractivity contribution is 0.876. The van der Waals surface area contributed by atoms with E-state index in [0.29, 0.717) is 6.54 Å². The Morgan fingerprint density at radius 1 is 1.28 bits per heavy atom. The summed E-state index contributed by atoms with van der Waals surface area (Å²) in [7, 11) is 2.00. The number of benzene rings is 1. The van der Waals surface area contributed by atoms with Crippen LogP contribution in [0, 0.1) is 0 Å². The molecule has 1 heterocycles. The van der Waals surface area contributed by atoms with Gasteiger partial charge in [-0.05, 0) is 23.8 Å². The number of anilines is 1. The first-order valence-electron chi connectivity index (χ1n) is 5.80. The Balaban J connectivity index is 2.19. The minimum atomic E-state index is 0.489. The summed E-state index contributed by atoms with van der Waals surface area (Å²) in [5.41, 5.74) is 7.91. The number of nitrogens with two attached hydrogens (primary N) is 1. The van der Waals surface area contributed by atoms with E-state index in [2.05, 4.69) is 9.88 Å². The molecule has 2 rings (SSSR count). The first kappa shape index (κ1) is 12.9. The van der Waals surface area contributed by atoms with Gasteiger partial charge in [0.25, 0.3) is 0 Å². The number of hydrogen-bond acceptors (Lipinski definition) is 3. The molecule has 3 nitrogen and oxygen atoms in total. The summed E-state index contributed by atoms with van der Waals surface area (Å²) in [6, 6.07) is 11.7. The fourth-order valence-electron chi connectivity index (χ4n) is 1.92. The van der Waals surface area contributed by atoms with Gasteiger partial charge in [-0.3, -0.25) is 0 Å². The summed E-state index contributed by atoms with van der Waals surface area (Å²) in [5.74, 6) is 0.917. The van der Waals surface area contributed by atoms with Gasteiger partial charge >= 0.3 is 0 Å². The van der Waals surface area contributed by atoms with Crippen LogP contribution in [0.4, 0.5) is 5.82 Å². The van der Waals surface area contributed by atoms with Crippen molar-refractivity contribution in [3.63, 3.8) is 0 Å². The summed E-state index contributed by atoms with van der Waals surface area (Å²) in [5, 5.41) is 0.751. The maximum atomic E-state index is 5.98. The van der Waals surface area contributed by atoms with Gasteiger partial charge in [0.05, 0.1) is 0 Å². The van der Waals surface area contributed by atoms with E-state index in [-0.39, 0.29) is 0 Å². The van der Waals surface area contributed by atoms with E-state index in [9.17, 15) is 0 Å². The Bertz CT molecular complexity index is 528. The maximum absolute atomic E-state index is 5.98. The van der Waals surface area contributed by atoms with Crippen LogP contribution in [0.25, 0.3) is 0 Å². The highest BCUT2D eigenvalue weighted by Crippen LogP contribution is 2.19. The molecule has 1 aromatic carbocycles. The molecule has 0 bridgehead atoms. The first-order chi connectivity index (χ1) is 8.70. The van der Waals surface area contributed by atoms with Crippen LogP contribution in [0.3, 0.4) is 0 Å². The molecule has 0 spiro atoms. The zero-order valence-corrected chi connectivity index (χ0v) is 11.1. The molecule has 0 saturated heterocycles. The molecule has 0 atom stereocenters. The molecule has 18 heavy (non-hydrogen) atoms. The molecule has 1 aromatic heterocycles. The third kappa shape index (κ3) is 3.00. The fourth-order valence-corrected chi connectivity index (χ4v) is 2.13. The van der Waals surface area contributed by atoms with Crippen LogP contribution in [-0.2, 0) is 13.1 Å². The highest BCUT2D eigenvalue weighted by atomic mass is 35.5. The van der Waals surface area contributed by atoms with Crippen molar-refractivity contribution in [2.45, 2.75) is 13.1 Å². The zero-order chi connectivity index (χ0) is 13.0. The van der Waals surface area contributed by atoms with Crippen LogP contribution in [0.15, 0.2) is 42.6 Å². The quantitative estimate of drug-likeness (QED) is 0.920. The molecule has 2 aromatic rings. The average Bonchev–Trinajstić information content (AvgIpc) is 2.38. The molecule has 0 saturated carbocycles. The van der Waals surface area contributed by atoms with E-state index in [1.165, 1.54) is 0 Å². The largest absolute Gasteiger partial charge is 0.355 e. The van der Waals surface area contributed by atoms with Gasteiger partial charge in [-0.2, -0.15) is 0 Å². The first-order valence-corrected chi connectivity index (χ1v) is 6.18. The van der Waals surface area contributed by atoms with Gasteiger partial charge in [0, 0.05) is 36.9 Å². The monoisotopic (exact) mass is 261 g/mol. The van der Waals surface area contributed by atoms with Crippen molar-refractivity contribution < 1.29 is 0 Å². The number of halogens is 1. The third-order valence-electron chi connectivity index (χ3n) is 2.76. The Hall–Kier alpha value is -1.58. The normalized spacial score (nSPS) is 10.4. The van der Waals surface area contributed by atoms with Crippen molar-refractivity contribution in [1.29, 1.82) is 0 Å². The van der Waals surface area contributed by atoms with Crippen LogP contribution < -0.4 is 10.6 Å². The molecule has 0 unspecified atom stereocenters. The molecular formula is C14H16ClN3. The van der Waals surface area contributed by atoms with Crippen LogP contribution in [0.1, 0.15) is 11.1 Å². The van der Waals surface area contributed by atoms with E-state index < -0.39 is 0 Å². The zero-order valence-electron chi connectivity index (χ0n) is 10.3. The molecule has 0 aliphatic carbocycles. The Labute approximate surface area is 112 Å². The van der Waals surface area contributed by atoms with Crippen molar-refractivity contribution >= 4 is 17.4 Å². The van der Waals surface area contributed by atoms with Crippen molar-refractivity contribution in [2.75, 3.05) is 11.9 Å². The van der Waals surface area contributed by atoms with Gasteiger partial charge in [-0.15, -0.1) is 0 Å². The van der Waals surface area contributed by atoms with E-state index in [0.717, 1.165) is 28.5 Å². The van der Waals surface area contributed by atoms with E-state index >= 15 is 0 Å². The number of aromatic nitrogens is 1. The molecular weight excluding hydrogens is 246 g/mol. The number of nitrogens with zero attached hydrogens (tertiary/aromatic N) is 2. The van der Waals surface area contributed by atoms with E-state index in [1.54, 1.807) is 6.20 Å². The summed E-state index contributed by atoms with van der Waals surface area (Å²) in [6.45, 7) is 1.24. The highest BCUT2D eigenvalue weighted by molar-refractivity contribution is 6.30. The lowest BCUT2D eigenvalue weighted by Gasteiger charge is -2.20. The Morgan fingerprint density at radius 3 is 2.83 bits per heavy atom.